The van der Waals surface area contributed by atoms with Crippen LogP contribution in [0, 0.1) is 0 Å². The molecule has 1 saturated carbocycles. The van der Waals surface area contributed by atoms with Gasteiger partial charge in [-0.1, -0.05) is 0 Å². The van der Waals surface area contributed by atoms with Crippen molar-refractivity contribution in [2.75, 3.05) is 13.2 Å². The van der Waals surface area contributed by atoms with E-state index in [1.807, 2.05) is 7.05 Å². The van der Waals surface area contributed by atoms with E-state index in [-0.39, 0.29) is 11.9 Å². The van der Waals surface area contributed by atoms with Gasteiger partial charge in [0.05, 0.1) is 32.1 Å². The smallest absolute Gasteiger partial charge is 0.168 e. The van der Waals surface area contributed by atoms with Crippen LogP contribution >= 0.6 is 0 Å². The second-order valence-corrected chi connectivity index (χ2v) is 4.94. The highest BCUT2D eigenvalue weighted by molar-refractivity contribution is 4.89. The van der Waals surface area contributed by atoms with Crippen LogP contribution in [0.5, 0.6) is 0 Å². The van der Waals surface area contributed by atoms with Crippen molar-refractivity contribution in [3.05, 3.63) is 11.9 Å². The minimum atomic E-state index is -0.299. The number of hydrogen-bond acceptors (Lipinski definition) is 5. The predicted molar refractivity (Wildman–Crippen MR) is 62.7 cm³/mol. The van der Waals surface area contributed by atoms with Crippen molar-refractivity contribution in [3.8, 4) is 0 Å². The van der Waals surface area contributed by atoms with Gasteiger partial charge in [0.25, 0.3) is 0 Å². The third kappa shape index (κ3) is 2.55. The first-order chi connectivity index (χ1) is 8.76. The van der Waals surface area contributed by atoms with Crippen LogP contribution in [0.25, 0.3) is 0 Å². The van der Waals surface area contributed by atoms with Crippen molar-refractivity contribution in [1.29, 1.82) is 0 Å². The first-order valence-electron chi connectivity index (χ1n) is 6.50. The molecule has 0 amide bonds. The minimum Gasteiger partial charge on any atom is -0.372 e. The molecule has 1 saturated heterocycles. The Bertz CT molecular complexity index is 391. The summed E-state index contributed by atoms with van der Waals surface area (Å²) in [5.74, 6) is -0.299. The SMILES string of the molecule is Cn1ncc(COC2CCC3(CC2)OCCO3)n1. The van der Waals surface area contributed by atoms with Gasteiger partial charge in [0.1, 0.15) is 5.69 Å². The Balaban J connectivity index is 1.45. The van der Waals surface area contributed by atoms with Gasteiger partial charge in [-0.3, -0.25) is 0 Å². The Morgan fingerprint density at radius 1 is 1.39 bits per heavy atom. The van der Waals surface area contributed by atoms with E-state index in [0.29, 0.717) is 6.61 Å². The number of hydrogen-bond donors (Lipinski definition) is 0. The zero-order valence-electron chi connectivity index (χ0n) is 10.7. The standard InChI is InChI=1S/C12H19N3O3/c1-15-13-8-10(14-15)9-16-11-2-4-12(5-3-11)17-6-7-18-12/h8,11H,2-7,9H2,1H3. The van der Waals surface area contributed by atoms with Crippen LogP contribution in [0.1, 0.15) is 31.4 Å². The van der Waals surface area contributed by atoms with E-state index in [1.165, 1.54) is 0 Å². The van der Waals surface area contributed by atoms with E-state index in [2.05, 4.69) is 10.2 Å². The summed E-state index contributed by atoms with van der Waals surface area (Å²) in [7, 11) is 1.81. The second kappa shape index (κ2) is 4.95. The van der Waals surface area contributed by atoms with E-state index in [1.54, 1.807) is 11.0 Å². The topological polar surface area (TPSA) is 58.4 Å². The summed E-state index contributed by atoms with van der Waals surface area (Å²) in [5, 5.41) is 8.22. The Kier molecular flexibility index (Phi) is 3.32. The second-order valence-electron chi connectivity index (χ2n) is 4.94. The molecule has 6 heteroatoms. The lowest BCUT2D eigenvalue weighted by Gasteiger charge is -2.35. The van der Waals surface area contributed by atoms with Gasteiger partial charge in [-0.15, -0.1) is 0 Å². The number of rotatable bonds is 3. The summed E-state index contributed by atoms with van der Waals surface area (Å²) < 4.78 is 17.2. The average Bonchev–Trinajstić information content (AvgIpc) is 2.99. The Hall–Kier alpha value is -0.980. The fourth-order valence-electron chi connectivity index (χ4n) is 2.64. The molecule has 1 aromatic rings. The van der Waals surface area contributed by atoms with E-state index >= 15 is 0 Å². The average molecular weight is 253 g/mol. The van der Waals surface area contributed by atoms with Crippen molar-refractivity contribution >= 4 is 0 Å². The molecule has 3 rings (SSSR count). The Morgan fingerprint density at radius 2 is 2.11 bits per heavy atom. The van der Waals surface area contributed by atoms with E-state index in [4.69, 9.17) is 14.2 Å². The lowest BCUT2D eigenvalue weighted by molar-refractivity contribution is -0.192. The van der Waals surface area contributed by atoms with Crippen molar-refractivity contribution in [3.63, 3.8) is 0 Å². The molecule has 1 spiro atoms. The normalized spacial score (nSPS) is 23.8. The summed E-state index contributed by atoms with van der Waals surface area (Å²) in [6.07, 6.45) is 5.86. The van der Waals surface area contributed by atoms with Gasteiger partial charge in [0.15, 0.2) is 5.79 Å². The molecule has 0 radical (unpaired) electrons. The van der Waals surface area contributed by atoms with Gasteiger partial charge in [-0.05, 0) is 12.8 Å². The van der Waals surface area contributed by atoms with E-state index in [0.717, 1.165) is 44.6 Å². The highest BCUT2D eigenvalue weighted by Gasteiger charge is 2.40. The van der Waals surface area contributed by atoms with Crippen LogP contribution in [0.2, 0.25) is 0 Å². The predicted octanol–water partition coefficient (Wildman–Crippen LogP) is 1.02. The van der Waals surface area contributed by atoms with Crippen LogP contribution < -0.4 is 0 Å². The molecule has 0 atom stereocenters. The molecule has 0 unspecified atom stereocenters. The maximum Gasteiger partial charge on any atom is 0.168 e. The maximum atomic E-state index is 5.86. The lowest BCUT2D eigenvalue weighted by atomic mass is 9.92. The zero-order valence-corrected chi connectivity index (χ0v) is 10.7. The van der Waals surface area contributed by atoms with Crippen molar-refractivity contribution in [2.45, 2.75) is 44.2 Å². The highest BCUT2D eigenvalue weighted by atomic mass is 16.7. The molecule has 2 fully saturated rings. The molecular weight excluding hydrogens is 234 g/mol. The number of ether oxygens (including phenoxy) is 3. The van der Waals surface area contributed by atoms with Crippen LogP contribution in [0.4, 0.5) is 0 Å². The van der Waals surface area contributed by atoms with Crippen LogP contribution in [-0.2, 0) is 27.9 Å². The van der Waals surface area contributed by atoms with Gasteiger partial charge in [-0.25, -0.2) is 0 Å². The molecule has 2 heterocycles. The van der Waals surface area contributed by atoms with Gasteiger partial charge in [-0.2, -0.15) is 15.0 Å². The summed E-state index contributed by atoms with van der Waals surface area (Å²) in [4.78, 5) is 1.55. The molecule has 2 aliphatic rings. The largest absolute Gasteiger partial charge is 0.372 e. The van der Waals surface area contributed by atoms with Crippen LogP contribution in [0.3, 0.4) is 0 Å². The Labute approximate surface area is 106 Å². The first-order valence-corrected chi connectivity index (χ1v) is 6.50. The fourth-order valence-corrected chi connectivity index (χ4v) is 2.64. The molecule has 1 aliphatic heterocycles. The van der Waals surface area contributed by atoms with Gasteiger partial charge in [0.2, 0.25) is 0 Å². The van der Waals surface area contributed by atoms with Crippen molar-refractivity contribution in [1.82, 2.24) is 15.0 Å². The maximum absolute atomic E-state index is 5.86. The molecular formula is C12H19N3O3. The monoisotopic (exact) mass is 253 g/mol. The van der Waals surface area contributed by atoms with Gasteiger partial charge in [0, 0.05) is 19.9 Å². The molecule has 1 aliphatic carbocycles. The molecule has 6 nitrogen and oxygen atoms in total. The molecule has 0 N–H and O–H groups in total. The summed E-state index contributed by atoms with van der Waals surface area (Å²) >= 11 is 0. The molecule has 18 heavy (non-hydrogen) atoms. The fraction of sp³-hybridized carbons (Fsp3) is 0.833. The molecule has 0 bridgehead atoms. The third-order valence-electron chi connectivity index (χ3n) is 3.62. The number of aryl methyl sites for hydroxylation is 1. The van der Waals surface area contributed by atoms with Crippen LogP contribution in [-0.4, -0.2) is 40.1 Å². The van der Waals surface area contributed by atoms with Crippen molar-refractivity contribution < 1.29 is 14.2 Å². The lowest BCUT2D eigenvalue weighted by Crippen LogP contribution is -2.37. The zero-order chi connectivity index (χ0) is 12.4. The quantitative estimate of drug-likeness (QED) is 0.805. The van der Waals surface area contributed by atoms with E-state index in [9.17, 15) is 0 Å². The molecule has 1 aromatic heterocycles. The first kappa shape index (κ1) is 12.1. The minimum absolute atomic E-state index is 0.283. The summed E-state index contributed by atoms with van der Waals surface area (Å²) in [6.45, 7) is 1.99. The number of aromatic nitrogens is 3. The number of nitrogens with zero attached hydrogens (tertiary/aromatic N) is 3. The third-order valence-corrected chi connectivity index (χ3v) is 3.62. The summed E-state index contributed by atoms with van der Waals surface area (Å²) in [5.41, 5.74) is 0.881. The highest BCUT2D eigenvalue weighted by Crippen LogP contribution is 2.36. The summed E-state index contributed by atoms with van der Waals surface area (Å²) in [6, 6.07) is 0. The molecule has 0 aromatic carbocycles. The Morgan fingerprint density at radius 3 is 2.72 bits per heavy atom. The van der Waals surface area contributed by atoms with Crippen molar-refractivity contribution in [2.24, 2.45) is 7.05 Å². The molecule has 100 valence electrons. The van der Waals surface area contributed by atoms with Gasteiger partial charge < -0.3 is 14.2 Å². The van der Waals surface area contributed by atoms with Gasteiger partial charge >= 0.3 is 0 Å². The van der Waals surface area contributed by atoms with E-state index < -0.39 is 0 Å². The van der Waals surface area contributed by atoms with Crippen LogP contribution in [0.15, 0.2) is 6.20 Å².